The summed E-state index contributed by atoms with van der Waals surface area (Å²) in [5.41, 5.74) is 0.701. The predicted molar refractivity (Wildman–Crippen MR) is 78.6 cm³/mol. The zero-order chi connectivity index (χ0) is 14.8. The molecule has 0 saturated carbocycles. The third kappa shape index (κ3) is 5.85. The van der Waals surface area contributed by atoms with E-state index in [1.165, 1.54) is 18.4 Å². The summed E-state index contributed by atoms with van der Waals surface area (Å²) in [6.45, 7) is 4.61. The van der Waals surface area contributed by atoms with E-state index in [1.807, 2.05) is 0 Å². The molecule has 0 atom stereocenters. The molecule has 0 aromatic carbocycles. The summed E-state index contributed by atoms with van der Waals surface area (Å²) in [5, 5.41) is 3.96. The van der Waals surface area contributed by atoms with Gasteiger partial charge in [-0.1, -0.05) is 11.3 Å². The van der Waals surface area contributed by atoms with Crippen molar-refractivity contribution in [1.82, 2.24) is 4.98 Å². The first-order valence-corrected chi connectivity index (χ1v) is 7.37. The van der Waals surface area contributed by atoms with Crippen LogP contribution in [0.15, 0.2) is 0 Å². The maximum absolute atomic E-state index is 11.4. The van der Waals surface area contributed by atoms with Crippen molar-refractivity contribution in [3.05, 3.63) is 10.6 Å². The molecule has 20 heavy (non-hydrogen) atoms. The monoisotopic (exact) mass is 302 g/mol. The second kappa shape index (κ2) is 9.68. The van der Waals surface area contributed by atoms with E-state index >= 15 is 0 Å². The zero-order valence-corrected chi connectivity index (χ0v) is 13.0. The molecule has 1 aromatic heterocycles. The van der Waals surface area contributed by atoms with Crippen molar-refractivity contribution in [2.75, 3.05) is 45.9 Å². The number of esters is 1. The van der Waals surface area contributed by atoms with Gasteiger partial charge in [-0.15, -0.1) is 0 Å². The first-order chi connectivity index (χ1) is 9.69. The number of thiazole rings is 1. The van der Waals surface area contributed by atoms with Crippen molar-refractivity contribution >= 4 is 22.4 Å². The van der Waals surface area contributed by atoms with E-state index in [9.17, 15) is 4.79 Å². The van der Waals surface area contributed by atoms with Crippen LogP contribution in [0.5, 0.6) is 0 Å². The smallest absolute Gasteiger partial charge is 0.350 e. The van der Waals surface area contributed by atoms with Crippen LogP contribution in [0.25, 0.3) is 0 Å². The van der Waals surface area contributed by atoms with Gasteiger partial charge in [0.05, 0.1) is 26.0 Å². The van der Waals surface area contributed by atoms with Crippen LogP contribution in [0.3, 0.4) is 0 Å². The Morgan fingerprint density at radius 2 is 2.05 bits per heavy atom. The van der Waals surface area contributed by atoms with E-state index in [-0.39, 0.29) is 5.97 Å². The minimum Gasteiger partial charge on any atom is -0.465 e. The minimum atomic E-state index is -0.334. The molecule has 0 bridgehead atoms. The average Bonchev–Trinajstić information content (AvgIpc) is 2.82. The molecule has 1 heterocycles. The molecule has 1 aromatic rings. The molecule has 0 fully saturated rings. The highest BCUT2D eigenvalue weighted by atomic mass is 32.1. The lowest BCUT2D eigenvalue weighted by molar-refractivity contribution is 0.0605. The Bertz CT molecular complexity index is 409. The number of aromatic nitrogens is 1. The van der Waals surface area contributed by atoms with Gasteiger partial charge < -0.3 is 19.5 Å². The number of rotatable bonds is 10. The third-order valence-electron chi connectivity index (χ3n) is 2.59. The van der Waals surface area contributed by atoms with Crippen LogP contribution >= 0.6 is 11.3 Å². The third-order valence-corrected chi connectivity index (χ3v) is 3.69. The van der Waals surface area contributed by atoms with Crippen LogP contribution < -0.4 is 5.32 Å². The molecule has 0 aliphatic rings. The Labute approximate surface area is 123 Å². The molecule has 6 nitrogen and oxygen atoms in total. The SMILES string of the molecule is COCCOCCCCNc1nc(C)c(C(=O)OC)s1. The summed E-state index contributed by atoms with van der Waals surface area (Å²) >= 11 is 1.32. The fourth-order valence-electron chi connectivity index (χ4n) is 1.52. The molecule has 0 spiro atoms. The standard InChI is InChI=1S/C13H22N2O4S/c1-10-11(12(16)18-3)20-13(15-10)14-6-4-5-7-19-9-8-17-2/h4-9H2,1-3H3,(H,14,15). The maximum atomic E-state index is 11.4. The molecule has 0 unspecified atom stereocenters. The second-order valence-corrected chi connectivity index (χ2v) is 5.16. The van der Waals surface area contributed by atoms with Gasteiger partial charge in [-0.3, -0.25) is 0 Å². The lowest BCUT2D eigenvalue weighted by Crippen LogP contribution is -2.06. The number of anilines is 1. The number of hydrogen-bond acceptors (Lipinski definition) is 7. The molecule has 7 heteroatoms. The van der Waals surface area contributed by atoms with Gasteiger partial charge in [-0.2, -0.15) is 0 Å². The quantitative estimate of drug-likeness (QED) is 0.527. The minimum absolute atomic E-state index is 0.334. The summed E-state index contributed by atoms with van der Waals surface area (Å²) in [6.07, 6.45) is 1.96. The highest BCUT2D eigenvalue weighted by molar-refractivity contribution is 7.17. The first-order valence-electron chi connectivity index (χ1n) is 6.55. The van der Waals surface area contributed by atoms with Crippen molar-refractivity contribution in [3.8, 4) is 0 Å². The summed E-state index contributed by atoms with van der Waals surface area (Å²) in [5.74, 6) is -0.334. The number of carbonyl (C=O) groups is 1. The van der Waals surface area contributed by atoms with Crippen molar-refractivity contribution in [1.29, 1.82) is 0 Å². The average molecular weight is 302 g/mol. The summed E-state index contributed by atoms with van der Waals surface area (Å²) in [7, 11) is 3.03. The number of unbranched alkanes of at least 4 members (excludes halogenated alkanes) is 1. The maximum Gasteiger partial charge on any atom is 0.350 e. The van der Waals surface area contributed by atoms with Crippen LogP contribution in [0.2, 0.25) is 0 Å². The van der Waals surface area contributed by atoms with Crippen molar-refractivity contribution in [2.24, 2.45) is 0 Å². The molecule has 1 N–H and O–H groups in total. The Hall–Kier alpha value is -1.18. The Morgan fingerprint density at radius 3 is 2.75 bits per heavy atom. The molecular formula is C13H22N2O4S. The van der Waals surface area contributed by atoms with E-state index in [2.05, 4.69) is 10.3 Å². The highest BCUT2D eigenvalue weighted by Gasteiger charge is 2.15. The molecule has 1 rings (SSSR count). The number of hydrogen-bond donors (Lipinski definition) is 1. The summed E-state index contributed by atoms with van der Waals surface area (Å²) in [4.78, 5) is 16.3. The molecule has 0 aliphatic heterocycles. The fourth-order valence-corrected chi connectivity index (χ4v) is 2.43. The molecule has 0 amide bonds. The number of nitrogens with zero attached hydrogens (tertiary/aromatic N) is 1. The van der Waals surface area contributed by atoms with Gasteiger partial charge in [-0.05, 0) is 19.8 Å². The zero-order valence-electron chi connectivity index (χ0n) is 12.2. The topological polar surface area (TPSA) is 69.7 Å². The van der Waals surface area contributed by atoms with Crippen molar-refractivity contribution < 1.29 is 19.0 Å². The van der Waals surface area contributed by atoms with E-state index in [4.69, 9.17) is 14.2 Å². The van der Waals surface area contributed by atoms with Crippen molar-refractivity contribution in [2.45, 2.75) is 19.8 Å². The Balaban J connectivity index is 2.18. The van der Waals surface area contributed by atoms with E-state index < -0.39 is 0 Å². The summed E-state index contributed by atoms with van der Waals surface area (Å²) < 4.78 is 15.0. The van der Waals surface area contributed by atoms with Gasteiger partial charge in [0.25, 0.3) is 0 Å². The van der Waals surface area contributed by atoms with Gasteiger partial charge in [-0.25, -0.2) is 9.78 Å². The predicted octanol–water partition coefficient (Wildman–Crippen LogP) is 2.09. The van der Waals surface area contributed by atoms with E-state index in [0.29, 0.717) is 23.8 Å². The molecule has 0 aliphatic carbocycles. The number of ether oxygens (including phenoxy) is 3. The van der Waals surface area contributed by atoms with Crippen LogP contribution in [0.1, 0.15) is 28.2 Å². The summed E-state index contributed by atoms with van der Waals surface area (Å²) in [6, 6.07) is 0. The highest BCUT2D eigenvalue weighted by Crippen LogP contribution is 2.23. The van der Waals surface area contributed by atoms with Crippen LogP contribution in [-0.2, 0) is 14.2 Å². The van der Waals surface area contributed by atoms with Gasteiger partial charge in [0.2, 0.25) is 0 Å². The van der Waals surface area contributed by atoms with Crippen LogP contribution in [-0.4, -0.2) is 51.5 Å². The largest absolute Gasteiger partial charge is 0.465 e. The normalized spacial score (nSPS) is 10.6. The van der Waals surface area contributed by atoms with Crippen LogP contribution in [0, 0.1) is 6.92 Å². The number of carbonyl (C=O) groups excluding carboxylic acids is 1. The number of methoxy groups -OCH3 is 2. The van der Waals surface area contributed by atoms with Crippen molar-refractivity contribution in [3.63, 3.8) is 0 Å². The molecule has 0 radical (unpaired) electrons. The second-order valence-electron chi connectivity index (χ2n) is 4.16. The van der Waals surface area contributed by atoms with E-state index in [0.717, 1.165) is 31.1 Å². The molecule has 0 saturated heterocycles. The first kappa shape index (κ1) is 16.9. The van der Waals surface area contributed by atoms with E-state index in [1.54, 1.807) is 14.0 Å². The van der Waals surface area contributed by atoms with Gasteiger partial charge >= 0.3 is 5.97 Å². The lowest BCUT2D eigenvalue weighted by atomic mass is 10.3. The number of nitrogens with one attached hydrogen (secondary N) is 1. The van der Waals surface area contributed by atoms with Crippen LogP contribution in [0.4, 0.5) is 5.13 Å². The number of aryl methyl sites for hydroxylation is 1. The van der Waals surface area contributed by atoms with Gasteiger partial charge in [0.1, 0.15) is 4.88 Å². The fraction of sp³-hybridized carbons (Fsp3) is 0.692. The Morgan fingerprint density at radius 1 is 1.25 bits per heavy atom. The lowest BCUT2D eigenvalue weighted by Gasteiger charge is -2.04. The molecular weight excluding hydrogens is 280 g/mol. The Kier molecular flexibility index (Phi) is 8.17. The molecule has 114 valence electrons. The van der Waals surface area contributed by atoms with Gasteiger partial charge in [0.15, 0.2) is 5.13 Å². The van der Waals surface area contributed by atoms with Gasteiger partial charge in [0, 0.05) is 20.3 Å².